The van der Waals surface area contributed by atoms with E-state index in [9.17, 15) is 4.79 Å². The van der Waals surface area contributed by atoms with Crippen LogP contribution < -0.4 is 10.1 Å². The highest BCUT2D eigenvalue weighted by Crippen LogP contribution is 2.30. The zero-order chi connectivity index (χ0) is 14.0. The fourth-order valence-electron chi connectivity index (χ4n) is 2.92. The highest BCUT2D eigenvalue weighted by atomic mass is 16.5. The van der Waals surface area contributed by atoms with E-state index in [-0.39, 0.29) is 5.78 Å². The molecule has 104 valence electrons. The van der Waals surface area contributed by atoms with Crippen molar-refractivity contribution in [3.05, 3.63) is 28.3 Å². The molecule has 0 aromatic heterocycles. The van der Waals surface area contributed by atoms with Gasteiger partial charge in [0, 0.05) is 12.0 Å². The monoisotopic (exact) mass is 261 g/mol. The minimum Gasteiger partial charge on any atom is -0.496 e. The molecule has 0 bridgehead atoms. The molecule has 1 unspecified atom stereocenters. The van der Waals surface area contributed by atoms with E-state index in [0.29, 0.717) is 12.3 Å². The minimum absolute atomic E-state index is 0.264. The van der Waals surface area contributed by atoms with Gasteiger partial charge in [0.2, 0.25) is 0 Å². The number of ether oxygens (including phenoxy) is 1. The van der Waals surface area contributed by atoms with Gasteiger partial charge in [0.05, 0.1) is 7.11 Å². The Morgan fingerprint density at radius 1 is 1.37 bits per heavy atom. The van der Waals surface area contributed by atoms with Crippen LogP contribution in [-0.2, 0) is 0 Å². The molecule has 3 nitrogen and oxygen atoms in total. The van der Waals surface area contributed by atoms with Crippen molar-refractivity contribution in [2.45, 2.75) is 33.6 Å². The number of carbonyl (C=O) groups is 1. The van der Waals surface area contributed by atoms with E-state index >= 15 is 0 Å². The average Bonchev–Trinajstić information content (AvgIpc) is 2.87. The highest BCUT2D eigenvalue weighted by molar-refractivity contribution is 5.98. The largest absolute Gasteiger partial charge is 0.496 e. The van der Waals surface area contributed by atoms with E-state index < -0.39 is 0 Å². The van der Waals surface area contributed by atoms with Gasteiger partial charge in [-0.2, -0.15) is 0 Å². The first-order valence-electron chi connectivity index (χ1n) is 6.93. The summed E-state index contributed by atoms with van der Waals surface area (Å²) in [5.74, 6) is 1.66. The van der Waals surface area contributed by atoms with Gasteiger partial charge in [0.15, 0.2) is 5.78 Å². The number of nitrogens with one attached hydrogen (secondary N) is 1. The zero-order valence-corrected chi connectivity index (χ0v) is 12.3. The Kier molecular flexibility index (Phi) is 4.25. The van der Waals surface area contributed by atoms with Crippen LogP contribution >= 0.6 is 0 Å². The Bertz CT molecular complexity index is 488. The van der Waals surface area contributed by atoms with Gasteiger partial charge in [-0.15, -0.1) is 0 Å². The summed E-state index contributed by atoms with van der Waals surface area (Å²) in [6.07, 6.45) is 1.76. The van der Waals surface area contributed by atoms with Crippen LogP contribution in [0, 0.1) is 26.7 Å². The molecule has 1 aliphatic heterocycles. The summed E-state index contributed by atoms with van der Waals surface area (Å²) in [6, 6.07) is 1.98. The molecule has 1 heterocycles. The highest BCUT2D eigenvalue weighted by Gasteiger charge is 2.21. The van der Waals surface area contributed by atoms with Crippen molar-refractivity contribution in [1.82, 2.24) is 5.32 Å². The molecule has 1 aromatic carbocycles. The summed E-state index contributed by atoms with van der Waals surface area (Å²) >= 11 is 0. The number of hydrogen-bond donors (Lipinski definition) is 1. The third-order valence-corrected chi connectivity index (χ3v) is 4.17. The number of methoxy groups -OCH3 is 1. The third kappa shape index (κ3) is 2.81. The molecule has 1 N–H and O–H groups in total. The van der Waals surface area contributed by atoms with Crippen molar-refractivity contribution in [1.29, 1.82) is 0 Å². The van der Waals surface area contributed by atoms with E-state index in [1.807, 2.05) is 26.8 Å². The van der Waals surface area contributed by atoms with E-state index in [1.54, 1.807) is 7.11 Å². The average molecular weight is 261 g/mol. The van der Waals surface area contributed by atoms with Gasteiger partial charge < -0.3 is 10.1 Å². The number of carbonyl (C=O) groups excluding carboxylic acids is 1. The van der Waals surface area contributed by atoms with Crippen LogP contribution in [-0.4, -0.2) is 26.0 Å². The predicted octanol–water partition coefficient (Wildman–Crippen LogP) is 2.80. The maximum Gasteiger partial charge on any atom is 0.163 e. The molecule has 2 rings (SSSR count). The second-order valence-corrected chi connectivity index (χ2v) is 5.51. The fourth-order valence-corrected chi connectivity index (χ4v) is 2.92. The Morgan fingerprint density at radius 2 is 2.11 bits per heavy atom. The molecule has 19 heavy (non-hydrogen) atoms. The molecule has 0 radical (unpaired) electrons. The predicted molar refractivity (Wildman–Crippen MR) is 77.1 cm³/mol. The summed E-state index contributed by atoms with van der Waals surface area (Å²) in [5, 5.41) is 3.31. The molecule has 1 saturated heterocycles. The van der Waals surface area contributed by atoms with Gasteiger partial charge in [-0.05, 0) is 69.0 Å². The lowest BCUT2D eigenvalue weighted by Crippen LogP contribution is -2.14. The number of aryl methyl sites for hydroxylation is 1. The summed E-state index contributed by atoms with van der Waals surface area (Å²) < 4.78 is 5.40. The quantitative estimate of drug-likeness (QED) is 0.847. The maximum atomic E-state index is 12.5. The molecule has 0 aliphatic carbocycles. The van der Waals surface area contributed by atoms with E-state index in [2.05, 4.69) is 5.32 Å². The van der Waals surface area contributed by atoms with Crippen LogP contribution in [0.1, 0.15) is 39.9 Å². The van der Waals surface area contributed by atoms with E-state index in [0.717, 1.165) is 47.5 Å². The van der Waals surface area contributed by atoms with Crippen LogP contribution in [0.5, 0.6) is 5.75 Å². The fraction of sp³-hybridized carbons (Fsp3) is 0.562. The lowest BCUT2D eigenvalue weighted by molar-refractivity contribution is 0.0963. The van der Waals surface area contributed by atoms with Crippen LogP contribution in [0.25, 0.3) is 0 Å². The molecule has 3 heteroatoms. The number of benzene rings is 1. The van der Waals surface area contributed by atoms with Crippen molar-refractivity contribution in [3.63, 3.8) is 0 Å². The summed E-state index contributed by atoms with van der Waals surface area (Å²) in [7, 11) is 1.68. The van der Waals surface area contributed by atoms with Crippen LogP contribution in [0.3, 0.4) is 0 Å². The van der Waals surface area contributed by atoms with Crippen molar-refractivity contribution in [2.24, 2.45) is 5.92 Å². The van der Waals surface area contributed by atoms with Gasteiger partial charge in [0.25, 0.3) is 0 Å². The van der Waals surface area contributed by atoms with Gasteiger partial charge in [-0.25, -0.2) is 0 Å². The first-order valence-corrected chi connectivity index (χ1v) is 6.93. The molecule has 1 aliphatic rings. The summed E-state index contributed by atoms with van der Waals surface area (Å²) in [4.78, 5) is 12.5. The standard InChI is InChI=1S/C16H23NO2/c1-10-7-14(11(2)12(3)16(10)19-4)15(18)8-13-5-6-17-9-13/h7,13,17H,5-6,8-9H2,1-4H3. The van der Waals surface area contributed by atoms with E-state index in [4.69, 9.17) is 4.74 Å². The first-order chi connectivity index (χ1) is 9.04. The normalized spacial score (nSPS) is 18.6. The Hall–Kier alpha value is -1.35. The van der Waals surface area contributed by atoms with Gasteiger partial charge in [-0.1, -0.05) is 0 Å². The Labute approximate surface area is 115 Å². The first kappa shape index (κ1) is 14.1. The Morgan fingerprint density at radius 3 is 2.68 bits per heavy atom. The lowest BCUT2D eigenvalue weighted by atomic mass is 9.91. The van der Waals surface area contributed by atoms with Gasteiger partial charge in [0.1, 0.15) is 5.75 Å². The number of rotatable bonds is 4. The van der Waals surface area contributed by atoms with Crippen LogP contribution in [0.15, 0.2) is 6.07 Å². The van der Waals surface area contributed by atoms with E-state index in [1.165, 1.54) is 0 Å². The Balaban J connectivity index is 2.26. The molecule has 1 fully saturated rings. The summed E-state index contributed by atoms with van der Waals surface area (Å²) in [5.41, 5.74) is 4.04. The molecule has 1 aromatic rings. The molecular weight excluding hydrogens is 238 g/mol. The van der Waals surface area contributed by atoms with Gasteiger partial charge >= 0.3 is 0 Å². The number of hydrogen-bond acceptors (Lipinski definition) is 3. The van der Waals surface area contributed by atoms with Crippen molar-refractivity contribution in [2.75, 3.05) is 20.2 Å². The summed E-state index contributed by atoms with van der Waals surface area (Å²) in [6.45, 7) is 8.04. The van der Waals surface area contributed by atoms with Crippen molar-refractivity contribution < 1.29 is 9.53 Å². The molecule has 0 amide bonds. The molecule has 0 saturated carbocycles. The second kappa shape index (κ2) is 5.74. The molecule has 0 spiro atoms. The van der Waals surface area contributed by atoms with Crippen LogP contribution in [0.4, 0.5) is 0 Å². The third-order valence-electron chi connectivity index (χ3n) is 4.17. The zero-order valence-electron chi connectivity index (χ0n) is 12.3. The van der Waals surface area contributed by atoms with Crippen molar-refractivity contribution >= 4 is 5.78 Å². The lowest BCUT2D eigenvalue weighted by Gasteiger charge is -2.16. The topological polar surface area (TPSA) is 38.3 Å². The minimum atomic E-state index is 0.264. The van der Waals surface area contributed by atoms with Crippen molar-refractivity contribution in [3.8, 4) is 5.75 Å². The number of ketones is 1. The molecule has 1 atom stereocenters. The van der Waals surface area contributed by atoms with Crippen LogP contribution in [0.2, 0.25) is 0 Å². The smallest absolute Gasteiger partial charge is 0.163 e. The maximum absolute atomic E-state index is 12.5. The second-order valence-electron chi connectivity index (χ2n) is 5.51. The molecular formula is C16H23NO2. The number of Topliss-reactive ketones (excluding diaryl/α,β-unsaturated/α-hetero) is 1. The van der Waals surface area contributed by atoms with Gasteiger partial charge in [-0.3, -0.25) is 4.79 Å². The SMILES string of the molecule is COc1c(C)cc(C(=O)CC2CCNC2)c(C)c1C.